The molecule has 1 aromatic rings. The Morgan fingerprint density at radius 2 is 2.12 bits per heavy atom. The number of nitrogens with two attached hydrogens (primary N) is 1. The van der Waals surface area contributed by atoms with Gasteiger partial charge >= 0.3 is 0 Å². The van der Waals surface area contributed by atoms with Crippen molar-refractivity contribution >= 4 is 11.6 Å². The van der Waals surface area contributed by atoms with Crippen molar-refractivity contribution in [2.75, 3.05) is 20.3 Å². The molecule has 4 heteroatoms. The van der Waals surface area contributed by atoms with Gasteiger partial charge in [-0.3, -0.25) is 0 Å². The van der Waals surface area contributed by atoms with Crippen LogP contribution in [0.5, 0.6) is 5.75 Å². The molecule has 1 atom stereocenters. The van der Waals surface area contributed by atoms with Crippen molar-refractivity contribution in [2.45, 2.75) is 19.4 Å². The third-order valence-corrected chi connectivity index (χ3v) is 2.62. The molecule has 0 bridgehead atoms. The van der Waals surface area contributed by atoms with Crippen LogP contribution in [0.1, 0.15) is 19.4 Å². The van der Waals surface area contributed by atoms with E-state index in [2.05, 4.69) is 0 Å². The molecular weight excluding hydrogens is 226 g/mol. The fourth-order valence-corrected chi connectivity index (χ4v) is 1.69. The third kappa shape index (κ3) is 3.11. The molecule has 0 spiro atoms. The van der Waals surface area contributed by atoms with Gasteiger partial charge in [-0.25, -0.2) is 0 Å². The first-order valence-electron chi connectivity index (χ1n) is 5.22. The number of hydrogen-bond donors (Lipinski definition) is 1. The van der Waals surface area contributed by atoms with Crippen LogP contribution in [0.3, 0.4) is 0 Å². The molecule has 16 heavy (non-hydrogen) atoms. The normalized spacial score (nSPS) is 14.6. The zero-order valence-corrected chi connectivity index (χ0v) is 10.7. The van der Waals surface area contributed by atoms with Gasteiger partial charge in [0.2, 0.25) is 0 Å². The maximum atomic E-state index is 6.21. The predicted molar refractivity (Wildman–Crippen MR) is 66.0 cm³/mol. The highest BCUT2D eigenvalue weighted by Gasteiger charge is 2.25. The summed E-state index contributed by atoms with van der Waals surface area (Å²) in [6.07, 6.45) is 0. The average molecular weight is 244 g/mol. The van der Waals surface area contributed by atoms with Crippen LogP contribution in [-0.4, -0.2) is 20.3 Å². The van der Waals surface area contributed by atoms with E-state index in [0.717, 1.165) is 11.3 Å². The molecule has 90 valence electrons. The topological polar surface area (TPSA) is 44.5 Å². The Morgan fingerprint density at radius 1 is 1.44 bits per heavy atom. The number of methoxy groups -OCH3 is 1. The van der Waals surface area contributed by atoms with Crippen molar-refractivity contribution in [3.8, 4) is 5.75 Å². The standard InChI is InChI=1S/C12H18ClNO2/c1-4-16-8-12(2,14)10-7-9(13)5-6-11(10)15-3/h5-7H,4,8,14H2,1-3H3. The van der Waals surface area contributed by atoms with Gasteiger partial charge in [0.1, 0.15) is 5.75 Å². The number of benzene rings is 1. The van der Waals surface area contributed by atoms with Gasteiger partial charge in [-0.2, -0.15) is 0 Å². The zero-order chi connectivity index (χ0) is 12.2. The Kier molecular flexibility index (Phi) is 4.59. The van der Waals surface area contributed by atoms with Crippen LogP contribution in [-0.2, 0) is 10.3 Å². The van der Waals surface area contributed by atoms with Crippen molar-refractivity contribution < 1.29 is 9.47 Å². The van der Waals surface area contributed by atoms with E-state index in [1.165, 1.54) is 0 Å². The lowest BCUT2D eigenvalue weighted by Gasteiger charge is -2.26. The van der Waals surface area contributed by atoms with Gasteiger partial charge in [0.25, 0.3) is 0 Å². The SMILES string of the molecule is CCOCC(C)(N)c1cc(Cl)ccc1OC. The molecule has 1 aromatic carbocycles. The molecule has 2 N–H and O–H groups in total. The summed E-state index contributed by atoms with van der Waals surface area (Å²) < 4.78 is 10.6. The van der Waals surface area contributed by atoms with Crippen LogP contribution >= 0.6 is 11.6 Å². The molecule has 0 saturated carbocycles. The Balaban J connectivity index is 3.04. The molecule has 0 aromatic heterocycles. The van der Waals surface area contributed by atoms with E-state index in [9.17, 15) is 0 Å². The van der Waals surface area contributed by atoms with Crippen molar-refractivity contribution in [3.05, 3.63) is 28.8 Å². The number of rotatable bonds is 5. The monoisotopic (exact) mass is 243 g/mol. The third-order valence-electron chi connectivity index (χ3n) is 2.38. The Morgan fingerprint density at radius 3 is 2.69 bits per heavy atom. The average Bonchev–Trinajstić information content (AvgIpc) is 2.26. The minimum atomic E-state index is -0.605. The van der Waals surface area contributed by atoms with E-state index in [0.29, 0.717) is 18.2 Å². The van der Waals surface area contributed by atoms with E-state index < -0.39 is 5.54 Å². The highest BCUT2D eigenvalue weighted by atomic mass is 35.5. The van der Waals surface area contributed by atoms with Gasteiger partial charge < -0.3 is 15.2 Å². The van der Waals surface area contributed by atoms with Gasteiger partial charge in [0, 0.05) is 17.2 Å². The van der Waals surface area contributed by atoms with Gasteiger partial charge in [0.15, 0.2) is 0 Å². The lowest BCUT2D eigenvalue weighted by atomic mass is 9.93. The van der Waals surface area contributed by atoms with Crippen LogP contribution in [0.25, 0.3) is 0 Å². The maximum Gasteiger partial charge on any atom is 0.124 e. The van der Waals surface area contributed by atoms with Crippen LogP contribution in [0.4, 0.5) is 0 Å². The fraction of sp³-hybridized carbons (Fsp3) is 0.500. The van der Waals surface area contributed by atoms with E-state index in [4.69, 9.17) is 26.8 Å². The van der Waals surface area contributed by atoms with Crippen molar-refractivity contribution in [3.63, 3.8) is 0 Å². The van der Waals surface area contributed by atoms with Crippen LogP contribution in [0, 0.1) is 0 Å². The molecule has 0 aliphatic carbocycles. The largest absolute Gasteiger partial charge is 0.496 e. The first kappa shape index (κ1) is 13.3. The number of ether oxygens (including phenoxy) is 2. The second-order valence-corrected chi connectivity index (χ2v) is 4.34. The summed E-state index contributed by atoms with van der Waals surface area (Å²) in [6, 6.07) is 5.41. The van der Waals surface area contributed by atoms with Gasteiger partial charge in [-0.15, -0.1) is 0 Å². The number of halogens is 1. The molecule has 0 aliphatic rings. The summed E-state index contributed by atoms with van der Waals surface area (Å²) in [5, 5.41) is 0.643. The molecule has 0 radical (unpaired) electrons. The first-order chi connectivity index (χ1) is 7.51. The molecule has 1 rings (SSSR count). The quantitative estimate of drug-likeness (QED) is 0.865. The van der Waals surface area contributed by atoms with Crippen LogP contribution in [0.15, 0.2) is 18.2 Å². The Labute approximate surface area is 101 Å². The van der Waals surface area contributed by atoms with Crippen molar-refractivity contribution in [1.29, 1.82) is 0 Å². The van der Waals surface area contributed by atoms with E-state index in [1.54, 1.807) is 13.2 Å². The highest BCUT2D eigenvalue weighted by molar-refractivity contribution is 6.30. The predicted octanol–water partition coefficient (Wildman–Crippen LogP) is 2.56. The van der Waals surface area contributed by atoms with Gasteiger partial charge in [0.05, 0.1) is 19.3 Å². The lowest BCUT2D eigenvalue weighted by Crippen LogP contribution is -2.38. The maximum absolute atomic E-state index is 6.21. The molecule has 0 saturated heterocycles. The molecule has 0 heterocycles. The van der Waals surface area contributed by atoms with E-state index in [1.807, 2.05) is 26.0 Å². The van der Waals surface area contributed by atoms with Gasteiger partial charge in [-0.1, -0.05) is 11.6 Å². The zero-order valence-electron chi connectivity index (χ0n) is 9.92. The number of hydrogen-bond acceptors (Lipinski definition) is 3. The Bertz CT molecular complexity index is 353. The van der Waals surface area contributed by atoms with E-state index >= 15 is 0 Å². The summed E-state index contributed by atoms with van der Waals surface area (Å²) >= 11 is 5.96. The second-order valence-electron chi connectivity index (χ2n) is 3.90. The lowest BCUT2D eigenvalue weighted by molar-refractivity contribution is 0.0997. The minimum Gasteiger partial charge on any atom is -0.496 e. The molecule has 3 nitrogen and oxygen atoms in total. The molecule has 0 aliphatic heterocycles. The van der Waals surface area contributed by atoms with E-state index in [-0.39, 0.29) is 0 Å². The molecule has 1 unspecified atom stereocenters. The van der Waals surface area contributed by atoms with Gasteiger partial charge in [-0.05, 0) is 32.0 Å². The highest BCUT2D eigenvalue weighted by Crippen LogP contribution is 2.30. The van der Waals surface area contributed by atoms with Crippen molar-refractivity contribution in [2.24, 2.45) is 5.73 Å². The van der Waals surface area contributed by atoms with Crippen molar-refractivity contribution in [1.82, 2.24) is 0 Å². The molecular formula is C12H18ClNO2. The summed E-state index contributed by atoms with van der Waals surface area (Å²) in [4.78, 5) is 0. The second kappa shape index (κ2) is 5.53. The first-order valence-corrected chi connectivity index (χ1v) is 5.59. The summed E-state index contributed by atoms with van der Waals surface area (Å²) in [7, 11) is 1.61. The smallest absolute Gasteiger partial charge is 0.124 e. The molecule has 0 fully saturated rings. The summed E-state index contributed by atoms with van der Waals surface area (Å²) in [6.45, 7) is 4.90. The Hall–Kier alpha value is -0.770. The van der Waals surface area contributed by atoms with Crippen LogP contribution in [0.2, 0.25) is 5.02 Å². The fourth-order valence-electron chi connectivity index (χ4n) is 1.52. The minimum absolute atomic E-state index is 0.431. The molecule has 0 amide bonds. The summed E-state index contributed by atoms with van der Waals surface area (Å²) in [5.74, 6) is 0.731. The van der Waals surface area contributed by atoms with Crippen LogP contribution < -0.4 is 10.5 Å². The summed E-state index contributed by atoms with van der Waals surface area (Å²) in [5.41, 5.74) is 6.46.